The molecule has 8 heavy (non-hydrogen) atoms. The summed E-state index contributed by atoms with van der Waals surface area (Å²) in [7, 11) is 1.65. The van der Waals surface area contributed by atoms with E-state index in [1.165, 1.54) is 0 Å². The molecule has 3 heteroatoms. The summed E-state index contributed by atoms with van der Waals surface area (Å²) in [5, 5.41) is 0. The number of hydrogen-bond donors (Lipinski definition) is 1. The quantitative estimate of drug-likeness (QED) is 0.352. The van der Waals surface area contributed by atoms with Gasteiger partial charge in [0.25, 0.3) is 0 Å². The summed E-state index contributed by atoms with van der Waals surface area (Å²) in [5.41, 5.74) is 0.0187. The lowest BCUT2D eigenvalue weighted by Crippen LogP contribution is -2.05. The topological polar surface area (TPSA) is 18.5 Å². The van der Waals surface area contributed by atoms with E-state index in [-0.39, 0.29) is 5.44 Å². The normalized spacial score (nSPS) is 13.9. The van der Waals surface area contributed by atoms with Gasteiger partial charge in [-0.3, -0.25) is 0 Å². The zero-order valence-electron chi connectivity index (χ0n) is 5.26. The maximum Gasteiger partial charge on any atom is 0.0972 e. The summed E-state index contributed by atoms with van der Waals surface area (Å²) in [6.07, 6.45) is 0. The zero-order valence-corrected chi connectivity index (χ0v) is 6.15. The standard InChI is InChI=1S/C5H12O2S/c1-5(8)7-4-3-6-2/h5,8H,3-4H2,1-2H3. The van der Waals surface area contributed by atoms with Crippen LogP contribution >= 0.6 is 12.6 Å². The third-order valence-corrected chi connectivity index (χ3v) is 0.796. The van der Waals surface area contributed by atoms with Crippen molar-refractivity contribution in [1.82, 2.24) is 0 Å². The third-order valence-electron chi connectivity index (χ3n) is 0.647. The summed E-state index contributed by atoms with van der Waals surface area (Å²) in [6.45, 7) is 3.14. The van der Waals surface area contributed by atoms with Crippen molar-refractivity contribution in [3.8, 4) is 0 Å². The van der Waals surface area contributed by atoms with Gasteiger partial charge >= 0.3 is 0 Å². The Balaban J connectivity index is 2.72. The molecule has 1 atom stereocenters. The monoisotopic (exact) mass is 136 g/mol. The van der Waals surface area contributed by atoms with E-state index in [4.69, 9.17) is 9.47 Å². The molecule has 0 radical (unpaired) electrons. The number of methoxy groups -OCH3 is 1. The first kappa shape index (κ1) is 8.27. The van der Waals surface area contributed by atoms with Crippen molar-refractivity contribution in [3.63, 3.8) is 0 Å². The van der Waals surface area contributed by atoms with Crippen LogP contribution in [0.25, 0.3) is 0 Å². The van der Waals surface area contributed by atoms with Gasteiger partial charge in [-0.05, 0) is 6.92 Å². The third kappa shape index (κ3) is 6.27. The molecule has 0 rings (SSSR count). The van der Waals surface area contributed by atoms with Crippen molar-refractivity contribution in [1.29, 1.82) is 0 Å². The Morgan fingerprint density at radius 1 is 1.50 bits per heavy atom. The smallest absolute Gasteiger partial charge is 0.0972 e. The highest BCUT2D eigenvalue weighted by Crippen LogP contribution is 1.92. The maximum atomic E-state index is 5.02. The van der Waals surface area contributed by atoms with Crippen molar-refractivity contribution in [2.45, 2.75) is 12.4 Å². The molecule has 0 aliphatic heterocycles. The summed E-state index contributed by atoms with van der Waals surface area (Å²) in [5.74, 6) is 0. The molecule has 0 aromatic carbocycles. The minimum Gasteiger partial charge on any atom is -0.382 e. The molecule has 0 saturated carbocycles. The van der Waals surface area contributed by atoms with Crippen LogP contribution in [0.2, 0.25) is 0 Å². The molecule has 2 nitrogen and oxygen atoms in total. The van der Waals surface area contributed by atoms with Gasteiger partial charge in [0.05, 0.1) is 18.6 Å². The van der Waals surface area contributed by atoms with Crippen LogP contribution in [0.1, 0.15) is 6.92 Å². The lowest BCUT2D eigenvalue weighted by molar-refractivity contribution is 0.0648. The average molecular weight is 136 g/mol. The van der Waals surface area contributed by atoms with E-state index < -0.39 is 0 Å². The van der Waals surface area contributed by atoms with E-state index >= 15 is 0 Å². The van der Waals surface area contributed by atoms with Crippen LogP contribution in [-0.2, 0) is 9.47 Å². The molecule has 0 heterocycles. The Hall–Kier alpha value is 0.270. The van der Waals surface area contributed by atoms with Gasteiger partial charge in [0.1, 0.15) is 0 Å². The molecule has 0 fully saturated rings. The molecule has 0 aromatic heterocycles. The van der Waals surface area contributed by atoms with Crippen LogP contribution in [0, 0.1) is 0 Å². The van der Waals surface area contributed by atoms with Gasteiger partial charge in [0.2, 0.25) is 0 Å². The van der Waals surface area contributed by atoms with E-state index in [0.29, 0.717) is 13.2 Å². The Labute approximate surface area is 55.6 Å². The second kappa shape index (κ2) is 5.41. The van der Waals surface area contributed by atoms with Crippen molar-refractivity contribution < 1.29 is 9.47 Å². The fraction of sp³-hybridized carbons (Fsp3) is 1.00. The second-order valence-corrected chi connectivity index (χ2v) is 2.19. The molecule has 0 aromatic rings. The Morgan fingerprint density at radius 2 is 2.12 bits per heavy atom. The van der Waals surface area contributed by atoms with Crippen LogP contribution in [0.15, 0.2) is 0 Å². The van der Waals surface area contributed by atoms with E-state index in [0.717, 1.165) is 0 Å². The number of rotatable bonds is 4. The fourth-order valence-corrected chi connectivity index (χ4v) is 0.407. The molecule has 0 aliphatic rings. The lowest BCUT2D eigenvalue weighted by Gasteiger charge is -2.03. The minimum atomic E-state index is 0.0187. The number of ether oxygens (including phenoxy) is 2. The predicted molar refractivity (Wildman–Crippen MR) is 36.3 cm³/mol. The maximum absolute atomic E-state index is 5.02. The summed E-state index contributed by atoms with van der Waals surface area (Å²) in [6, 6.07) is 0. The lowest BCUT2D eigenvalue weighted by atomic mass is 10.7. The van der Waals surface area contributed by atoms with Gasteiger partial charge in [-0.25, -0.2) is 0 Å². The molecule has 0 bridgehead atoms. The highest BCUT2D eigenvalue weighted by Gasteiger charge is 1.90. The Morgan fingerprint density at radius 3 is 2.50 bits per heavy atom. The van der Waals surface area contributed by atoms with E-state index in [2.05, 4.69) is 12.6 Å². The molecule has 0 amide bonds. The first-order valence-electron chi connectivity index (χ1n) is 2.56. The average Bonchev–Trinajstić information content (AvgIpc) is 1.66. The summed E-state index contributed by atoms with van der Waals surface area (Å²) in [4.78, 5) is 0. The van der Waals surface area contributed by atoms with Crippen molar-refractivity contribution in [2.24, 2.45) is 0 Å². The highest BCUT2D eigenvalue weighted by atomic mass is 32.1. The Bertz CT molecular complexity index is 47.7. The largest absolute Gasteiger partial charge is 0.382 e. The highest BCUT2D eigenvalue weighted by molar-refractivity contribution is 7.80. The first-order chi connectivity index (χ1) is 3.77. The molecular weight excluding hydrogens is 124 g/mol. The van der Waals surface area contributed by atoms with Gasteiger partial charge in [-0.2, -0.15) is 0 Å². The van der Waals surface area contributed by atoms with Gasteiger partial charge in [0, 0.05) is 7.11 Å². The molecule has 0 aliphatic carbocycles. The zero-order chi connectivity index (χ0) is 6.41. The molecule has 0 spiro atoms. The van der Waals surface area contributed by atoms with Crippen molar-refractivity contribution in [3.05, 3.63) is 0 Å². The minimum absolute atomic E-state index is 0.0187. The van der Waals surface area contributed by atoms with Crippen LogP contribution in [0.4, 0.5) is 0 Å². The van der Waals surface area contributed by atoms with Gasteiger partial charge < -0.3 is 9.47 Å². The van der Waals surface area contributed by atoms with Crippen LogP contribution in [0.3, 0.4) is 0 Å². The second-order valence-electron chi connectivity index (χ2n) is 1.46. The van der Waals surface area contributed by atoms with Gasteiger partial charge in [0.15, 0.2) is 0 Å². The SMILES string of the molecule is COCCOC(C)S. The van der Waals surface area contributed by atoms with Gasteiger partial charge in [-0.15, -0.1) is 12.6 Å². The Kier molecular flexibility index (Phi) is 5.59. The van der Waals surface area contributed by atoms with Crippen LogP contribution in [-0.4, -0.2) is 25.8 Å². The van der Waals surface area contributed by atoms with Crippen molar-refractivity contribution >= 4 is 12.6 Å². The number of thiol groups is 1. The van der Waals surface area contributed by atoms with E-state index in [1.807, 2.05) is 6.92 Å². The predicted octanol–water partition coefficient (Wildman–Crippen LogP) is 0.925. The number of hydrogen-bond acceptors (Lipinski definition) is 3. The molecule has 50 valence electrons. The molecular formula is C5H12O2S. The summed E-state index contributed by atoms with van der Waals surface area (Å²) < 4.78 is 9.75. The van der Waals surface area contributed by atoms with Crippen LogP contribution < -0.4 is 0 Å². The van der Waals surface area contributed by atoms with E-state index in [1.54, 1.807) is 7.11 Å². The molecule has 0 saturated heterocycles. The first-order valence-corrected chi connectivity index (χ1v) is 3.07. The summed E-state index contributed by atoms with van der Waals surface area (Å²) >= 11 is 3.99. The molecule has 1 unspecified atom stereocenters. The van der Waals surface area contributed by atoms with E-state index in [9.17, 15) is 0 Å². The van der Waals surface area contributed by atoms with Crippen molar-refractivity contribution in [2.75, 3.05) is 20.3 Å². The fourth-order valence-electron chi connectivity index (χ4n) is 0.302. The van der Waals surface area contributed by atoms with Gasteiger partial charge in [-0.1, -0.05) is 0 Å². The van der Waals surface area contributed by atoms with Crippen LogP contribution in [0.5, 0.6) is 0 Å². The molecule has 0 N–H and O–H groups in total.